The van der Waals surface area contributed by atoms with Crippen LogP contribution in [0.3, 0.4) is 0 Å². The van der Waals surface area contributed by atoms with Gasteiger partial charge in [-0.2, -0.15) is 0 Å². The number of hydrogen-bond acceptors (Lipinski definition) is 10. The molecule has 0 aliphatic rings. The van der Waals surface area contributed by atoms with E-state index in [4.69, 9.17) is 19.0 Å². The van der Waals surface area contributed by atoms with Crippen molar-refractivity contribution in [3.8, 4) is 67.3 Å². The molecule has 8 heterocycles. The fraction of sp³-hybridized carbons (Fsp3) is 0.0833. The second-order valence-corrected chi connectivity index (χ2v) is 18.7. The van der Waals surface area contributed by atoms with Gasteiger partial charge in [-0.05, 0) is 128 Å². The van der Waals surface area contributed by atoms with E-state index in [1.807, 2.05) is 154 Å². The number of furan rings is 2. The zero-order valence-electron chi connectivity index (χ0n) is 47.1. The Balaban J connectivity index is 0.000000166. The maximum Gasteiger partial charge on any atom is 0.227 e. The second kappa shape index (κ2) is 30.9. The van der Waals surface area contributed by atoms with E-state index >= 15 is 0 Å². The molecule has 2 radical (unpaired) electrons. The molecule has 0 fully saturated rings. The van der Waals surface area contributed by atoms with Gasteiger partial charge in [-0.25, -0.2) is 9.97 Å². The zero-order valence-corrected chi connectivity index (χ0v) is 51.9. The molecule has 0 atom stereocenters. The van der Waals surface area contributed by atoms with E-state index < -0.39 is 0 Å². The smallest absolute Gasteiger partial charge is 0.227 e. The molecular formula is C72H59Ir2N6O4-3. The van der Waals surface area contributed by atoms with Crippen molar-refractivity contribution in [3.05, 3.63) is 278 Å². The Hall–Kier alpha value is -8.96. The van der Waals surface area contributed by atoms with Crippen LogP contribution in [0.4, 0.5) is 0 Å². The molecule has 0 bridgehead atoms. The first kappa shape index (κ1) is 62.6. The first-order valence-electron chi connectivity index (χ1n) is 26.5. The third-order valence-electron chi connectivity index (χ3n) is 13.1. The average Bonchev–Trinajstić information content (AvgIpc) is 3.34. The van der Waals surface area contributed by atoms with Crippen molar-refractivity contribution < 1.29 is 59.3 Å². The van der Waals surface area contributed by atoms with Crippen molar-refractivity contribution in [2.75, 3.05) is 14.2 Å². The minimum Gasteiger partial charge on any atom is -0.486 e. The molecule has 0 saturated heterocycles. The van der Waals surface area contributed by atoms with Crippen LogP contribution in [0.1, 0.15) is 22.5 Å². The van der Waals surface area contributed by atoms with Crippen molar-refractivity contribution in [3.63, 3.8) is 0 Å². The van der Waals surface area contributed by atoms with Gasteiger partial charge < -0.3 is 34.0 Å². The van der Waals surface area contributed by atoms with Gasteiger partial charge >= 0.3 is 0 Å². The summed E-state index contributed by atoms with van der Waals surface area (Å²) in [6.07, 6.45) is 7.27. The Morgan fingerprint density at radius 1 is 0.345 bits per heavy atom. The topological polar surface area (TPSA) is 144 Å². The molecule has 0 unspecified atom stereocenters. The predicted molar refractivity (Wildman–Crippen MR) is 331 cm³/mol. The summed E-state index contributed by atoms with van der Waals surface area (Å²) in [5, 5.41) is 18.2. The van der Waals surface area contributed by atoms with Crippen molar-refractivity contribution in [2.45, 2.75) is 27.7 Å². The van der Waals surface area contributed by atoms with E-state index in [1.165, 1.54) is 22.3 Å². The Bertz CT molecular complexity index is 3940. The average molecular weight is 1460 g/mol. The van der Waals surface area contributed by atoms with Crippen LogP contribution in [0, 0.1) is 45.9 Å². The first-order valence-corrected chi connectivity index (χ1v) is 26.5. The van der Waals surface area contributed by atoms with Gasteiger partial charge in [0.25, 0.3) is 0 Å². The van der Waals surface area contributed by atoms with Crippen molar-refractivity contribution in [2.24, 2.45) is 0 Å². The van der Waals surface area contributed by atoms with Crippen molar-refractivity contribution in [1.82, 2.24) is 29.9 Å². The van der Waals surface area contributed by atoms with Gasteiger partial charge in [0, 0.05) is 112 Å². The number of nitrogens with zero attached hydrogens (tertiary/aromatic N) is 6. The molecule has 6 aromatic carbocycles. The van der Waals surface area contributed by atoms with Crippen molar-refractivity contribution >= 4 is 44.1 Å². The van der Waals surface area contributed by atoms with Crippen LogP contribution in [0.2, 0.25) is 0 Å². The van der Waals surface area contributed by atoms with Gasteiger partial charge in [-0.15, -0.1) is 90.0 Å². The summed E-state index contributed by atoms with van der Waals surface area (Å²) in [7, 11) is 2.00. The normalized spacial score (nSPS) is 10.2. The van der Waals surface area contributed by atoms with E-state index in [2.05, 4.69) is 147 Å². The molecule has 12 heteroatoms. The summed E-state index contributed by atoms with van der Waals surface area (Å²) in [5.74, 6) is 0. The maximum absolute atomic E-state index is 7.00. The van der Waals surface area contributed by atoms with E-state index in [0.717, 1.165) is 114 Å². The van der Waals surface area contributed by atoms with Crippen LogP contribution in [-0.2, 0) is 40.2 Å². The standard InChI is InChI=1S/C24H18N2O.C24H17N2O.2C11H8N.2CH4O.2Ir/c2*1-15-6-9-17(10-7-15)18-12-13-25-22(14-18)21-5-3-4-19-20-11-8-16(2)26-24(20)27-23(19)21;2*1-2-6-10(7-3-1)11-8-4-5-9-12-11;2*1-2;;/h3-14H,1-2H3;3-4,6-14H,1-2H3;2*1-6,8-9H;2*2H,1H3;;/q;3*-1;;;;. The van der Waals surface area contributed by atoms with Gasteiger partial charge in [-0.3, -0.25) is 4.98 Å². The summed E-state index contributed by atoms with van der Waals surface area (Å²) in [6, 6.07) is 80.5. The SMILES string of the molecule is CO.CO.Cc1ccc(-c2ccnc(-c3[c-]ccc4c3oc3nc(C)ccc34)c2)cc1.Cc1ccc(-c2ccnc(-c3cccc4c3oc3nc(C)ccc34)c2)cc1.[Ir].[Ir].[c-]1ccccc1-c1ccccn1.[c-]1ccccc1-c1ccccn1. The molecule has 0 aliphatic carbocycles. The van der Waals surface area contributed by atoms with E-state index in [1.54, 1.807) is 12.4 Å². The molecule has 0 spiro atoms. The van der Waals surface area contributed by atoms with Crippen LogP contribution < -0.4 is 0 Å². The Morgan fingerprint density at radius 3 is 1.30 bits per heavy atom. The third-order valence-corrected chi connectivity index (χ3v) is 13.1. The van der Waals surface area contributed by atoms with Gasteiger partial charge in [0.1, 0.15) is 5.58 Å². The molecule has 0 aliphatic heterocycles. The quantitative estimate of drug-likeness (QED) is 0.154. The fourth-order valence-corrected chi connectivity index (χ4v) is 9.02. The molecular weight excluding hydrogens is 1400 g/mol. The molecule has 10 nitrogen and oxygen atoms in total. The first-order chi connectivity index (χ1) is 40.3. The van der Waals surface area contributed by atoms with Crippen LogP contribution in [0.5, 0.6) is 0 Å². The third kappa shape index (κ3) is 15.4. The molecule has 0 amide bonds. The number of aliphatic hydroxyl groups excluding tert-OH is 2. The van der Waals surface area contributed by atoms with E-state index in [9.17, 15) is 0 Å². The molecule has 2 N–H and O–H groups in total. The van der Waals surface area contributed by atoms with Crippen LogP contribution >= 0.6 is 0 Å². The summed E-state index contributed by atoms with van der Waals surface area (Å²) in [5.41, 5.74) is 19.5. The number of rotatable bonds is 6. The second-order valence-electron chi connectivity index (χ2n) is 18.7. The molecule has 14 rings (SSSR count). The largest absolute Gasteiger partial charge is 0.486 e. The molecule has 422 valence electrons. The molecule has 8 aromatic heterocycles. The van der Waals surface area contributed by atoms with Crippen LogP contribution in [-0.4, -0.2) is 54.3 Å². The number of hydrogen-bond donors (Lipinski definition) is 2. The monoisotopic (exact) mass is 1460 g/mol. The summed E-state index contributed by atoms with van der Waals surface area (Å²) in [6.45, 7) is 8.13. The number of aromatic nitrogens is 6. The fourth-order valence-electron chi connectivity index (χ4n) is 9.02. The van der Waals surface area contributed by atoms with Crippen LogP contribution in [0.25, 0.3) is 111 Å². The Labute approximate surface area is 516 Å². The summed E-state index contributed by atoms with van der Waals surface area (Å²) in [4.78, 5) is 26.7. The summed E-state index contributed by atoms with van der Waals surface area (Å²) >= 11 is 0. The summed E-state index contributed by atoms with van der Waals surface area (Å²) < 4.78 is 12.2. The zero-order chi connectivity index (χ0) is 57.2. The molecule has 0 saturated carbocycles. The van der Waals surface area contributed by atoms with Crippen molar-refractivity contribution in [1.29, 1.82) is 0 Å². The molecule has 84 heavy (non-hydrogen) atoms. The number of pyridine rings is 6. The van der Waals surface area contributed by atoms with Gasteiger partial charge in [-0.1, -0.05) is 113 Å². The maximum atomic E-state index is 7.00. The van der Waals surface area contributed by atoms with Gasteiger partial charge in [0.2, 0.25) is 11.4 Å². The Morgan fingerprint density at radius 2 is 0.810 bits per heavy atom. The number of fused-ring (bicyclic) bond motifs is 6. The van der Waals surface area contributed by atoms with Crippen LogP contribution in [0.15, 0.2) is 246 Å². The molecule has 14 aromatic rings. The number of para-hydroxylation sites is 1. The van der Waals surface area contributed by atoms with E-state index in [0.29, 0.717) is 11.4 Å². The Kier molecular flexibility index (Phi) is 23.0. The van der Waals surface area contributed by atoms with E-state index in [-0.39, 0.29) is 40.2 Å². The minimum absolute atomic E-state index is 0. The number of aryl methyl sites for hydroxylation is 4. The van der Waals surface area contributed by atoms with Gasteiger partial charge in [0.05, 0.1) is 11.3 Å². The minimum atomic E-state index is 0. The van der Waals surface area contributed by atoms with Gasteiger partial charge in [0.15, 0.2) is 0 Å². The predicted octanol–water partition coefficient (Wildman–Crippen LogP) is 16.8. The number of benzene rings is 6. The number of aliphatic hydroxyl groups is 2.